The first-order valence-corrected chi connectivity index (χ1v) is 8.43. The molecule has 2 rings (SSSR count). The fraction of sp³-hybridized carbons (Fsp3) is 0.250. The van der Waals surface area contributed by atoms with Crippen LogP contribution >= 0.6 is 46.2 Å². The standard InChI is InChI=1S/C8H10N6S4/c9-5-11-13-7(17-5)15-3-1-2-4-16-8-14-12-6(10)18-8/h1-2H,3-4H2,(H2,9,11)(H2,10,12)/b2-1+. The topological polar surface area (TPSA) is 104 Å². The average Bonchev–Trinajstić information content (AvgIpc) is 2.93. The molecule has 0 fully saturated rings. The molecule has 96 valence electrons. The number of aromatic nitrogens is 4. The van der Waals surface area contributed by atoms with Gasteiger partial charge >= 0.3 is 0 Å². The van der Waals surface area contributed by atoms with Gasteiger partial charge in [0.15, 0.2) is 8.68 Å². The molecule has 18 heavy (non-hydrogen) atoms. The molecule has 0 aliphatic rings. The van der Waals surface area contributed by atoms with Crippen LogP contribution in [0.4, 0.5) is 10.3 Å². The Balaban J connectivity index is 1.63. The molecule has 2 aromatic heterocycles. The molecule has 0 atom stereocenters. The van der Waals surface area contributed by atoms with Gasteiger partial charge in [0.1, 0.15) is 0 Å². The van der Waals surface area contributed by atoms with Crippen LogP contribution < -0.4 is 11.5 Å². The van der Waals surface area contributed by atoms with Crippen molar-refractivity contribution in [2.24, 2.45) is 0 Å². The Bertz CT molecular complexity index is 475. The summed E-state index contributed by atoms with van der Waals surface area (Å²) in [6.07, 6.45) is 4.17. The minimum absolute atomic E-state index is 0.505. The Morgan fingerprint density at radius 1 is 0.833 bits per heavy atom. The first kappa shape index (κ1) is 13.6. The summed E-state index contributed by atoms with van der Waals surface area (Å²) in [6, 6.07) is 0. The number of nitrogens with two attached hydrogens (primary N) is 2. The van der Waals surface area contributed by atoms with Crippen LogP contribution in [0.15, 0.2) is 20.8 Å². The molecule has 0 spiro atoms. The molecular formula is C8H10N6S4. The minimum Gasteiger partial charge on any atom is -0.374 e. The van der Waals surface area contributed by atoms with Crippen molar-refractivity contribution >= 4 is 56.5 Å². The van der Waals surface area contributed by atoms with Crippen molar-refractivity contribution in [1.82, 2.24) is 20.4 Å². The first-order valence-electron chi connectivity index (χ1n) is 4.82. The van der Waals surface area contributed by atoms with Gasteiger partial charge in [-0.1, -0.05) is 58.3 Å². The van der Waals surface area contributed by atoms with Crippen molar-refractivity contribution < 1.29 is 0 Å². The van der Waals surface area contributed by atoms with Crippen molar-refractivity contribution in [3.8, 4) is 0 Å². The van der Waals surface area contributed by atoms with Crippen molar-refractivity contribution in [3.63, 3.8) is 0 Å². The molecule has 0 aromatic carbocycles. The summed E-state index contributed by atoms with van der Waals surface area (Å²) in [7, 11) is 0. The van der Waals surface area contributed by atoms with Gasteiger partial charge in [0.05, 0.1) is 0 Å². The molecular weight excluding hydrogens is 308 g/mol. The Hall–Kier alpha value is -0.840. The van der Waals surface area contributed by atoms with E-state index in [1.165, 1.54) is 22.7 Å². The zero-order valence-corrected chi connectivity index (χ0v) is 12.4. The van der Waals surface area contributed by atoms with E-state index in [1.54, 1.807) is 23.5 Å². The highest BCUT2D eigenvalue weighted by atomic mass is 32.2. The van der Waals surface area contributed by atoms with E-state index in [9.17, 15) is 0 Å². The highest BCUT2D eigenvalue weighted by Gasteiger charge is 2.00. The third-order valence-corrected chi connectivity index (χ3v) is 5.29. The fourth-order valence-corrected chi connectivity index (χ4v) is 3.96. The second-order valence-electron chi connectivity index (χ2n) is 2.91. The highest BCUT2D eigenvalue weighted by Crippen LogP contribution is 2.25. The average molecular weight is 318 g/mol. The lowest BCUT2D eigenvalue weighted by Crippen LogP contribution is -1.80. The van der Waals surface area contributed by atoms with Crippen LogP contribution in [-0.2, 0) is 0 Å². The lowest BCUT2D eigenvalue weighted by Gasteiger charge is -1.90. The van der Waals surface area contributed by atoms with E-state index >= 15 is 0 Å². The SMILES string of the molecule is Nc1nnc(SC/C=C/CSc2nnc(N)s2)s1. The predicted molar refractivity (Wildman–Crippen MR) is 79.2 cm³/mol. The van der Waals surface area contributed by atoms with Crippen LogP contribution in [0, 0.1) is 0 Å². The van der Waals surface area contributed by atoms with Gasteiger partial charge in [-0.05, 0) is 0 Å². The molecule has 10 heteroatoms. The lowest BCUT2D eigenvalue weighted by atomic mass is 10.6. The molecule has 0 unspecified atom stereocenters. The van der Waals surface area contributed by atoms with E-state index in [4.69, 9.17) is 11.5 Å². The number of hydrogen-bond acceptors (Lipinski definition) is 10. The van der Waals surface area contributed by atoms with Crippen molar-refractivity contribution in [2.45, 2.75) is 8.68 Å². The molecule has 0 saturated carbocycles. The van der Waals surface area contributed by atoms with Crippen LogP contribution in [0.1, 0.15) is 0 Å². The third-order valence-electron chi connectivity index (χ3n) is 1.62. The van der Waals surface area contributed by atoms with Gasteiger partial charge in [0.25, 0.3) is 0 Å². The summed E-state index contributed by atoms with van der Waals surface area (Å²) in [5.41, 5.74) is 11.0. The Kier molecular flexibility index (Phi) is 5.23. The molecule has 4 N–H and O–H groups in total. The Morgan fingerprint density at radius 2 is 1.28 bits per heavy atom. The molecule has 2 aromatic rings. The summed E-state index contributed by atoms with van der Waals surface area (Å²) in [5.74, 6) is 1.71. The molecule has 0 bridgehead atoms. The number of hydrogen-bond donors (Lipinski definition) is 2. The van der Waals surface area contributed by atoms with Crippen LogP contribution in [0.3, 0.4) is 0 Å². The summed E-state index contributed by atoms with van der Waals surface area (Å²) in [4.78, 5) is 0. The van der Waals surface area contributed by atoms with Crippen LogP contribution in [0.25, 0.3) is 0 Å². The van der Waals surface area contributed by atoms with Crippen LogP contribution in [0.5, 0.6) is 0 Å². The summed E-state index contributed by atoms with van der Waals surface area (Å²) >= 11 is 6.03. The number of anilines is 2. The Labute approximate surface area is 120 Å². The summed E-state index contributed by atoms with van der Waals surface area (Å²) < 4.78 is 1.78. The van der Waals surface area contributed by atoms with E-state index in [1.807, 2.05) is 0 Å². The minimum atomic E-state index is 0.505. The van der Waals surface area contributed by atoms with Gasteiger partial charge in [-0.2, -0.15) is 0 Å². The van der Waals surface area contributed by atoms with Gasteiger partial charge < -0.3 is 11.5 Å². The van der Waals surface area contributed by atoms with Crippen molar-refractivity contribution in [1.29, 1.82) is 0 Å². The quantitative estimate of drug-likeness (QED) is 0.615. The Morgan fingerprint density at radius 3 is 1.61 bits per heavy atom. The normalized spacial score (nSPS) is 11.3. The zero-order valence-electron chi connectivity index (χ0n) is 9.15. The maximum atomic E-state index is 5.49. The maximum Gasteiger partial charge on any atom is 0.203 e. The van der Waals surface area contributed by atoms with Crippen molar-refractivity contribution in [3.05, 3.63) is 12.2 Å². The van der Waals surface area contributed by atoms with Gasteiger partial charge in [-0.25, -0.2) is 0 Å². The maximum absolute atomic E-state index is 5.49. The van der Waals surface area contributed by atoms with Gasteiger partial charge in [0.2, 0.25) is 10.3 Å². The van der Waals surface area contributed by atoms with E-state index in [0.29, 0.717) is 10.3 Å². The molecule has 0 saturated heterocycles. The monoisotopic (exact) mass is 318 g/mol. The van der Waals surface area contributed by atoms with Gasteiger partial charge in [-0.3, -0.25) is 0 Å². The largest absolute Gasteiger partial charge is 0.374 e. The number of thioether (sulfide) groups is 2. The van der Waals surface area contributed by atoms with E-state index in [-0.39, 0.29) is 0 Å². The lowest BCUT2D eigenvalue weighted by molar-refractivity contribution is 1.02. The van der Waals surface area contributed by atoms with Crippen LogP contribution in [-0.4, -0.2) is 31.9 Å². The van der Waals surface area contributed by atoms with Crippen molar-refractivity contribution in [2.75, 3.05) is 23.0 Å². The van der Waals surface area contributed by atoms with E-state index in [0.717, 1.165) is 20.2 Å². The molecule has 6 nitrogen and oxygen atoms in total. The zero-order chi connectivity index (χ0) is 12.8. The summed E-state index contributed by atoms with van der Waals surface area (Å²) in [5, 5.41) is 16.3. The van der Waals surface area contributed by atoms with Gasteiger partial charge in [-0.15, -0.1) is 20.4 Å². The molecule has 0 amide bonds. The second kappa shape index (κ2) is 6.92. The van der Waals surface area contributed by atoms with E-state index in [2.05, 4.69) is 32.5 Å². The third kappa shape index (κ3) is 4.44. The first-order chi connectivity index (χ1) is 8.74. The molecule has 0 aliphatic heterocycles. The molecule has 0 aliphatic carbocycles. The fourth-order valence-electron chi connectivity index (χ4n) is 0.932. The number of nitrogen functional groups attached to an aromatic ring is 2. The van der Waals surface area contributed by atoms with Gasteiger partial charge in [0, 0.05) is 11.5 Å². The smallest absolute Gasteiger partial charge is 0.203 e. The van der Waals surface area contributed by atoms with Crippen LogP contribution in [0.2, 0.25) is 0 Å². The highest BCUT2D eigenvalue weighted by molar-refractivity contribution is 8.01. The second-order valence-corrected chi connectivity index (χ2v) is 7.46. The number of nitrogens with zero attached hydrogens (tertiary/aromatic N) is 4. The predicted octanol–water partition coefficient (Wildman–Crippen LogP) is 1.99. The summed E-state index contributed by atoms with van der Waals surface area (Å²) in [6.45, 7) is 0. The molecule has 2 heterocycles. The molecule has 0 radical (unpaired) electrons. The van der Waals surface area contributed by atoms with E-state index < -0.39 is 0 Å². The number of rotatable bonds is 6.